The Bertz CT molecular complexity index is 1280. The Balaban J connectivity index is 1.56. The summed E-state index contributed by atoms with van der Waals surface area (Å²) in [6.07, 6.45) is -0.974. The summed E-state index contributed by atoms with van der Waals surface area (Å²) >= 11 is 0. The van der Waals surface area contributed by atoms with Gasteiger partial charge in [-0.25, -0.2) is 4.98 Å². The van der Waals surface area contributed by atoms with Crippen molar-refractivity contribution in [3.8, 4) is 11.1 Å². The van der Waals surface area contributed by atoms with Crippen LogP contribution in [0.2, 0.25) is 0 Å². The van der Waals surface area contributed by atoms with Gasteiger partial charge in [-0.2, -0.15) is 13.2 Å². The quantitative estimate of drug-likeness (QED) is 0.526. The molecule has 5 rings (SSSR count). The molecule has 0 bridgehead atoms. The molecule has 3 N–H and O–H groups in total. The minimum absolute atomic E-state index is 0.0115. The predicted octanol–water partition coefficient (Wildman–Crippen LogP) is 3.40. The van der Waals surface area contributed by atoms with Gasteiger partial charge in [-0.15, -0.1) is 0 Å². The lowest BCUT2D eigenvalue weighted by atomic mass is 9.87. The van der Waals surface area contributed by atoms with E-state index >= 15 is 0 Å². The number of aromatic amines is 1. The topological polar surface area (TPSA) is 90.5 Å². The normalized spacial score (nSPS) is 20.5. The van der Waals surface area contributed by atoms with Gasteiger partial charge in [0.25, 0.3) is 5.91 Å². The van der Waals surface area contributed by atoms with Crippen molar-refractivity contribution in [2.24, 2.45) is 0 Å². The zero-order chi connectivity index (χ0) is 25.0. The van der Waals surface area contributed by atoms with E-state index in [4.69, 9.17) is 4.74 Å². The number of amides is 1. The number of hydrogen-bond acceptors (Lipinski definition) is 5. The van der Waals surface area contributed by atoms with Crippen molar-refractivity contribution < 1.29 is 27.8 Å². The number of aromatic nitrogens is 2. The van der Waals surface area contributed by atoms with E-state index in [0.29, 0.717) is 33.1 Å². The number of alkyl halides is 3. The Labute approximate surface area is 200 Å². The summed E-state index contributed by atoms with van der Waals surface area (Å²) in [6, 6.07) is 5.94. The third kappa shape index (κ3) is 4.19. The van der Waals surface area contributed by atoms with Gasteiger partial charge in [-0.05, 0) is 60.2 Å². The summed E-state index contributed by atoms with van der Waals surface area (Å²) in [5.74, 6) is -1.34. The maximum atomic E-state index is 13.3. The van der Waals surface area contributed by atoms with Gasteiger partial charge in [0.2, 0.25) is 5.60 Å². The number of aryl methyl sites for hydroxylation is 1. The zero-order valence-electron chi connectivity index (χ0n) is 19.5. The number of benzene rings is 1. The number of morpholine rings is 1. The molecule has 0 aliphatic carbocycles. The van der Waals surface area contributed by atoms with Crippen molar-refractivity contribution in [3.05, 3.63) is 52.8 Å². The molecule has 35 heavy (non-hydrogen) atoms. The molecule has 0 spiro atoms. The summed E-state index contributed by atoms with van der Waals surface area (Å²) in [4.78, 5) is 21.5. The average Bonchev–Trinajstić information content (AvgIpc) is 3.22. The molecule has 1 fully saturated rings. The van der Waals surface area contributed by atoms with Crippen LogP contribution in [0.15, 0.2) is 30.6 Å². The maximum absolute atomic E-state index is 13.3. The smallest absolute Gasteiger partial charge is 0.378 e. The number of nitrogens with zero attached hydrogens (tertiary/aromatic N) is 2. The molecule has 2 aliphatic heterocycles. The van der Waals surface area contributed by atoms with Gasteiger partial charge in [0.05, 0.1) is 19.3 Å². The van der Waals surface area contributed by atoms with E-state index in [2.05, 4.69) is 21.4 Å². The first kappa shape index (κ1) is 23.8. The standard InChI is InChI=1S/C25H27F3N4O3/c1-14-10-30-22-18(14)9-17(11-31-22)16-7-15-3-5-32(23(33)24(2,34)25(26,27)28)12-20(15)19(8-16)21-13-35-6-4-29-21/h7-11,21,29,34H,3-6,12-13H2,1-2H3,(H,30,31)/t21-,24?/m0/s1. The maximum Gasteiger partial charge on any atom is 0.426 e. The van der Waals surface area contributed by atoms with Crippen LogP contribution in [0.3, 0.4) is 0 Å². The number of rotatable bonds is 3. The molecule has 7 nitrogen and oxygen atoms in total. The van der Waals surface area contributed by atoms with Crippen LogP contribution >= 0.6 is 0 Å². The molecule has 3 aromatic rings. The number of ether oxygens (including phenoxy) is 1. The first-order valence-electron chi connectivity index (χ1n) is 11.6. The fraction of sp³-hybridized carbons (Fsp3) is 0.440. The summed E-state index contributed by atoms with van der Waals surface area (Å²) in [5, 5.41) is 14.4. The highest BCUT2D eigenvalue weighted by Gasteiger charge is 2.57. The SMILES string of the molecule is Cc1c[nH]c2ncc(-c3cc4c(c([C@@H]5COCCN5)c3)CN(C(=O)C(C)(O)C(F)(F)F)CC4)cc12. The molecule has 2 atom stereocenters. The van der Waals surface area contributed by atoms with E-state index < -0.39 is 17.7 Å². The number of carbonyl (C=O) groups is 1. The van der Waals surface area contributed by atoms with E-state index in [9.17, 15) is 23.1 Å². The van der Waals surface area contributed by atoms with Crippen LogP contribution in [0, 0.1) is 6.92 Å². The van der Waals surface area contributed by atoms with E-state index in [1.165, 1.54) is 0 Å². The molecule has 1 amide bonds. The van der Waals surface area contributed by atoms with Crippen molar-refractivity contribution >= 4 is 16.9 Å². The van der Waals surface area contributed by atoms with Crippen LogP contribution in [-0.2, 0) is 22.5 Å². The van der Waals surface area contributed by atoms with Crippen molar-refractivity contribution in [2.75, 3.05) is 26.3 Å². The van der Waals surface area contributed by atoms with Crippen molar-refractivity contribution in [2.45, 2.75) is 44.6 Å². The molecular weight excluding hydrogens is 461 g/mol. The second-order valence-electron chi connectivity index (χ2n) is 9.42. The van der Waals surface area contributed by atoms with Crippen LogP contribution in [-0.4, -0.2) is 64.0 Å². The number of fused-ring (bicyclic) bond motifs is 2. The third-order valence-corrected chi connectivity index (χ3v) is 7.00. The Morgan fingerprint density at radius 3 is 2.77 bits per heavy atom. The summed E-state index contributed by atoms with van der Waals surface area (Å²) < 4.78 is 45.6. The minimum atomic E-state index is -5.06. The molecule has 1 saturated heterocycles. The molecule has 0 saturated carbocycles. The average molecular weight is 489 g/mol. The van der Waals surface area contributed by atoms with Gasteiger partial charge in [0.15, 0.2) is 0 Å². The van der Waals surface area contributed by atoms with Crippen molar-refractivity contribution in [3.63, 3.8) is 0 Å². The Hall–Kier alpha value is -2.95. The van der Waals surface area contributed by atoms with Crippen LogP contribution in [0.4, 0.5) is 13.2 Å². The number of halogens is 3. The fourth-order valence-electron chi connectivity index (χ4n) is 4.84. The number of carbonyl (C=O) groups excluding carboxylic acids is 1. The lowest BCUT2D eigenvalue weighted by molar-refractivity contribution is -0.250. The number of hydrogen-bond donors (Lipinski definition) is 3. The second kappa shape index (κ2) is 8.61. The lowest BCUT2D eigenvalue weighted by Crippen LogP contribution is -2.56. The largest absolute Gasteiger partial charge is 0.426 e. The van der Waals surface area contributed by atoms with Gasteiger partial charge >= 0.3 is 6.18 Å². The molecule has 10 heteroatoms. The van der Waals surface area contributed by atoms with Crippen LogP contribution < -0.4 is 5.32 Å². The Kier molecular flexibility index (Phi) is 5.85. The fourth-order valence-corrected chi connectivity index (χ4v) is 4.84. The van der Waals surface area contributed by atoms with Gasteiger partial charge in [0.1, 0.15) is 5.65 Å². The number of nitrogens with one attached hydrogen (secondary N) is 2. The number of pyridine rings is 1. The minimum Gasteiger partial charge on any atom is -0.378 e. The monoisotopic (exact) mass is 488 g/mol. The molecule has 2 aromatic heterocycles. The molecule has 4 heterocycles. The second-order valence-corrected chi connectivity index (χ2v) is 9.42. The van der Waals surface area contributed by atoms with Crippen LogP contribution in [0.1, 0.15) is 35.2 Å². The first-order valence-corrected chi connectivity index (χ1v) is 11.6. The summed E-state index contributed by atoms with van der Waals surface area (Å²) in [6.45, 7) is 4.23. The van der Waals surface area contributed by atoms with Gasteiger partial charge in [-0.3, -0.25) is 4.79 Å². The predicted molar refractivity (Wildman–Crippen MR) is 124 cm³/mol. The molecule has 1 aromatic carbocycles. The third-order valence-electron chi connectivity index (χ3n) is 7.00. The van der Waals surface area contributed by atoms with E-state index in [1.807, 2.05) is 25.3 Å². The van der Waals surface area contributed by atoms with Crippen molar-refractivity contribution in [1.29, 1.82) is 0 Å². The number of H-pyrrole nitrogens is 1. The van der Waals surface area contributed by atoms with Crippen LogP contribution in [0.5, 0.6) is 0 Å². The highest BCUT2D eigenvalue weighted by molar-refractivity contribution is 5.86. The lowest BCUT2D eigenvalue weighted by Gasteiger charge is -2.37. The molecule has 1 unspecified atom stereocenters. The summed E-state index contributed by atoms with van der Waals surface area (Å²) in [5.41, 5.74) is 2.97. The first-order chi connectivity index (χ1) is 16.6. The molecule has 0 radical (unpaired) electrons. The highest BCUT2D eigenvalue weighted by atomic mass is 19.4. The van der Waals surface area contributed by atoms with Gasteiger partial charge < -0.3 is 25.0 Å². The molecule has 2 aliphatic rings. The van der Waals surface area contributed by atoms with Gasteiger partial charge in [0, 0.05) is 43.0 Å². The Morgan fingerprint density at radius 2 is 2.06 bits per heavy atom. The number of aliphatic hydroxyl groups is 1. The van der Waals surface area contributed by atoms with Crippen LogP contribution in [0.25, 0.3) is 22.2 Å². The van der Waals surface area contributed by atoms with E-state index in [1.54, 1.807) is 6.20 Å². The Morgan fingerprint density at radius 1 is 1.26 bits per heavy atom. The summed E-state index contributed by atoms with van der Waals surface area (Å²) in [7, 11) is 0. The highest BCUT2D eigenvalue weighted by Crippen LogP contribution is 2.37. The van der Waals surface area contributed by atoms with E-state index in [-0.39, 0.29) is 19.1 Å². The van der Waals surface area contributed by atoms with Gasteiger partial charge in [-0.1, -0.05) is 6.07 Å². The van der Waals surface area contributed by atoms with Crippen molar-refractivity contribution in [1.82, 2.24) is 20.2 Å². The molecular formula is C25H27F3N4O3. The zero-order valence-corrected chi connectivity index (χ0v) is 19.5. The van der Waals surface area contributed by atoms with E-state index in [0.717, 1.165) is 49.3 Å². The molecule has 186 valence electrons.